The van der Waals surface area contributed by atoms with Gasteiger partial charge in [0.05, 0.1) is 0 Å². The molecule has 0 amide bonds. The van der Waals surface area contributed by atoms with Gasteiger partial charge in [-0.1, -0.05) is 31.0 Å². The molecule has 19 heavy (non-hydrogen) atoms. The summed E-state index contributed by atoms with van der Waals surface area (Å²) in [7, 11) is 0. The van der Waals surface area contributed by atoms with Gasteiger partial charge in [0.1, 0.15) is 12.4 Å². The van der Waals surface area contributed by atoms with Crippen LogP contribution in [-0.4, -0.2) is 30.6 Å². The molecule has 1 atom stereocenters. The molecule has 3 heteroatoms. The maximum atomic E-state index is 6.40. The molecule has 1 aromatic rings. The Balaban J connectivity index is 1.62. The lowest BCUT2D eigenvalue weighted by Gasteiger charge is -2.27. The molecule has 0 spiro atoms. The molecule has 0 aromatic heterocycles. The maximum Gasteiger partial charge on any atom is 0.123 e. The summed E-state index contributed by atoms with van der Waals surface area (Å²) in [5.41, 5.74) is 7.69. The van der Waals surface area contributed by atoms with Gasteiger partial charge in [0.25, 0.3) is 0 Å². The van der Waals surface area contributed by atoms with Crippen LogP contribution in [0, 0.1) is 5.92 Å². The Bertz CT molecular complexity index is 415. The summed E-state index contributed by atoms with van der Waals surface area (Å²) >= 11 is 0. The molecule has 3 rings (SSSR count). The third-order valence-electron chi connectivity index (χ3n) is 4.51. The predicted molar refractivity (Wildman–Crippen MR) is 77.1 cm³/mol. The number of fused-ring (bicyclic) bond motifs is 1. The molecule has 1 heterocycles. The van der Waals surface area contributed by atoms with Crippen LogP contribution in [-0.2, 0) is 6.54 Å². The average Bonchev–Trinajstić information content (AvgIpc) is 2.87. The lowest BCUT2D eigenvalue weighted by atomic mass is 9.98. The van der Waals surface area contributed by atoms with Crippen LogP contribution in [0.5, 0.6) is 5.75 Å². The number of rotatable bonds is 3. The van der Waals surface area contributed by atoms with Crippen molar-refractivity contribution in [3.8, 4) is 5.75 Å². The Morgan fingerprint density at radius 3 is 2.89 bits per heavy atom. The maximum absolute atomic E-state index is 6.40. The largest absolute Gasteiger partial charge is 0.492 e. The number of hydrogen-bond acceptors (Lipinski definition) is 3. The van der Waals surface area contributed by atoms with Crippen LogP contribution in [0.3, 0.4) is 0 Å². The fourth-order valence-electron chi connectivity index (χ4n) is 3.37. The van der Waals surface area contributed by atoms with E-state index in [1.807, 2.05) is 6.07 Å². The van der Waals surface area contributed by atoms with Crippen LogP contribution < -0.4 is 10.5 Å². The lowest BCUT2D eigenvalue weighted by Crippen LogP contribution is -2.42. The first kappa shape index (κ1) is 12.9. The van der Waals surface area contributed by atoms with Gasteiger partial charge < -0.3 is 10.5 Å². The molecule has 2 N–H and O–H groups in total. The van der Waals surface area contributed by atoms with E-state index in [2.05, 4.69) is 23.1 Å². The number of hydrogen-bond donors (Lipinski definition) is 1. The summed E-state index contributed by atoms with van der Waals surface area (Å²) in [5.74, 6) is 1.78. The van der Waals surface area contributed by atoms with Gasteiger partial charge >= 0.3 is 0 Å². The molecule has 1 unspecified atom stereocenters. The minimum Gasteiger partial charge on any atom is -0.492 e. The highest BCUT2D eigenvalue weighted by molar-refractivity contribution is 5.33. The zero-order valence-corrected chi connectivity index (χ0v) is 11.6. The molecule has 0 bridgehead atoms. The predicted octanol–water partition coefficient (Wildman–Crippen LogP) is 2.40. The van der Waals surface area contributed by atoms with Crippen molar-refractivity contribution in [2.75, 3.05) is 19.7 Å². The normalized spacial score (nSPS) is 22.6. The summed E-state index contributed by atoms with van der Waals surface area (Å²) in [6.45, 7) is 3.72. The second kappa shape index (κ2) is 5.93. The van der Waals surface area contributed by atoms with E-state index in [-0.39, 0.29) is 0 Å². The van der Waals surface area contributed by atoms with E-state index in [4.69, 9.17) is 10.5 Å². The van der Waals surface area contributed by atoms with Crippen molar-refractivity contribution >= 4 is 0 Å². The second-order valence-corrected chi connectivity index (χ2v) is 5.90. The van der Waals surface area contributed by atoms with Crippen molar-refractivity contribution in [3.63, 3.8) is 0 Å². The van der Waals surface area contributed by atoms with E-state index < -0.39 is 0 Å². The van der Waals surface area contributed by atoms with E-state index in [1.165, 1.54) is 31.2 Å². The standard InChI is InChI=1S/C16H24N2O/c17-15(13-5-1-2-6-13)12-18-9-10-19-16-8-4-3-7-14(16)11-18/h3-4,7-8,13,15H,1-2,5-6,9-12,17H2. The number of para-hydroxylation sites is 1. The number of benzene rings is 1. The van der Waals surface area contributed by atoms with Gasteiger partial charge in [-0.15, -0.1) is 0 Å². The van der Waals surface area contributed by atoms with Gasteiger partial charge in [0.2, 0.25) is 0 Å². The molecule has 1 saturated carbocycles. The summed E-state index contributed by atoms with van der Waals surface area (Å²) in [6.07, 6.45) is 5.37. The fourth-order valence-corrected chi connectivity index (χ4v) is 3.37. The molecule has 1 aromatic carbocycles. The summed E-state index contributed by atoms with van der Waals surface area (Å²) < 4.78 is 5.80. The van der Waals surface area contributed by atoms with E-state index in [0.717, 1.165) is 37.9 Å². The van der Waals surface area contributed by atoms with Crippen LogP contribution in [0.15, 0.2) is 24.3 Å². The Morgan fingerprint density at radius 2 is 2.05 bits per heavy atom. The third kappa shape index (κ3) is 3.10. The first-order valence-corrected chi connectivity index (χ1v) is 7.51. The Labute approximate surface area is 115 Å². The van der Waals surface area contributed by atoms with Crippen LogP contribution in [0.1, 0.15) is 31.2 Å². The van der Waals surface area contributed by atoms with Crippen LogP contribution in [0.4, 0.5) is 0 Å². The van der Waals surface area contributed by atoms with Crippen molar-refractivity contribution in [1.82, 2.24) is 4.90 Å². The SMILES string of the molecule is NC(CN1CCOc2ccccc2C1)C1CCCC1. The molecular formula is C16H24N2O. The molecule has 0 saturated heterocycles. The fraction of sp³-hybridized carbons (Fsp3) is 0.625. The second-order valence-electron chi connectivity index (χ2n) is 5.90. The zero-order chi connectivity index (χ0) is 13.1. The number of nitrogens with zero attached hydrogens (tertiary/aromatic N) is 1. The highest BCUT2D eigenvalue weighted by atomic mass is 16.5. The minimum atomic E-state index is 0.327. The van der Waals surface area contributed by atoms with Crippen molar-refractivity contribution in [2.24, 2.45) is 11.7 Å². The Morgan fingerprint density at radius 1 is 1.26 bits per heavy atom. The Kier molecular flexibility index (Phi) is 4.04. The monoisotopic (exact) mass is 260 g/mol. The van der Waals surface area contributed by atoms with Crippen LogP contribution >= 0.6 is 0 Å². The number of ether oxygens (including phenoxy) is 1. The van der Waals surface area contributed by atoms with Crippen molar-refractivity contribution in [3.05, 3.63) is 29.8 Å². The molecule has 0 radical (unpaired) electrons. The van der Waals surface area contributed by atoms with Crippen LogP contribution in [0.2, 0.25) is 0 Å². The molecule has 1 aliphatic carbocycles. The highest BCUT2D eigenvalue weighted by Crippen LogP contribution is 2.28. The van der Waals surface area contributed by atoms with Gasteiger partial charge in [-0.05, 0) is 24.8 Å². The lowest BCUT2D eigenvalue weighted by molar-refractivity contribution is 0.199. The van der Waals surface area contributed by atoms with Crippen LogP contribution in [0.25, 0.3) is 0 Å². The molecule has 1 fully saturated rings. The quantitative estimate of drug-likeness (QED) is 0.907. The summed E-state index contributed by atoms with van der Waals surface area (Å²) in [4.78, 5) is 2.45. The smallest absolute Gasteiger partial charge is 0.123 e. The molecular weight excluding hydrogens is 236 g/mol. The van der Waals surface area contributed by atoms with Crippen molar-refractivity contribution in [2.45, 2.75) is 38.3 Å². The first-order chi connectivity index (χ1) is 9.33. The molecule has 2 aliphatic rings. The summed E-state index contributed by atoms with van der Waals surface area (Å²) in [5, 5.41) is 0. The molecule has 1 aliphatic heterocycles. The summed E-state index contributed by atoms with van der Waals surface area (Å²) in [6, 6.07) is 8.68. The van der Waals surface area contributed by atoms with Gasteiger partial charge in [-0.3, -0.25) is 4.90 Å². The van der Waals surface area contributed by atoms with Gasteiger partial charge in [0, 0.05) is 31.2 Å². The van der Waals surface area contributed by atoms with Crippen molar-refractivity contribution in [1.29, 1.82) is 0 Å². The topological polar surface area (TPSA) is 38.5 Å². The molecule has 104 valence electrons. The zero-order valence-electron chi connectivity index (χ0n) is 11.6. The van der Waals surface area contributed by atoms with Crippen molar-refractivity contribution < 1.29 is 4.74 Å². The van der Waals surface area contributed by atoms with E-state index in [0.29, 0.717) is 6.04 Å². The Hall–Kier alpha value is -1.06. The first-order valence-electron chi connectivity index (χ1n) is 7.51. The third-order valence-corrected chi connectivity index (χ3v) is 4.51. The molecule has 3 nitrogen and oxygen atoms in total. The highest BCUT2D eigenvalue weighted by Gasteiger charge is 2.25. The number of nitrogens with two attached hydrogens (primary N) is 1. The van der Waals surface area contributed by atoms with Gasteiger partial charge in [0.15, 0.2) is 0 Å². The van der Waals surface area contributed by atoms with Gasteiger partial charge in [-0.25, -0.2) is 0 Å². The van der Waals surface area contributed by atoms with Gasteiger partial charge in [-0.2, -0.15) is 0 Å². The average molecular weight is 260 g/mol. The minimum absolute atomic E-state index is 0.327. The van der Waals surface area contributed by atoms with E-state index in [1.54, 1.807) is 0 Å². The van der Waals surface area contributed by atoms with E-state index in [9.17, 15) is 0 Å². The van der Waals surface area contributed by atoms with E-state index >= 15 is 0 Å².